The van der Waals surface area contributed by atoms with E-state index in [1.807, 2.05) is 41.3 Å². The van der Waals surface area contributed by atoms with Crippen LogP contribution in [0.25, 0.3) is 0 Å². The Hall–Kier alpha value is -2.40. The van der Waals surface area contributed by atoms with Crippen molar-refractivity contribution in [1.82, 2.24) is 10.2 Å². The summed E-state index contributed by atoms with van der Waals surface area (Å²) in [5, 5.41) is 3.61. The topological polar surface area (TPSA) is 44.8 Å². The zero-order chi connectivity index (χ0) is 18.4. The molecule has 2 amide bonds. The molecule has 0 radical (unpaired) electrons. The highest BCUT2D eigenvalue weighted by atomic mass is 35.5. The van der Waals surface area contributed by atoms with Crippen molar-refractivity contribution < 1.29 is 9.53 Å². The first-order valence-electron chi connectivity index (χ1n) is 8.82. The van der Waals surface area contributed by atoms with E-state index in [0.717, 1.165) is 25.2 Å². The molecule has 5 nitrogen and oxygen atoms in total. The van der Waals surface area contributed by atoms with Crippen molar-refractivity contribution in [3.8, 4) is 5.75 Å². The first-order valence-corrected chi connectivity index (χ1v) is 9.20. The maximum absolute atomic E-state index is 12.3. The summed E-state index contributed by atoms with van der Waals surface area (Å²) in [6.07, 6.45) is 0.844. The molecule has 1 aliphatic heterocycles. The average molecular weight is 374 g/mol. The van der Waals surface area contributed by atoms with Crippen LogP contribution in [-0.4, -0.2) is 50.8 Å². The highest BCUT2D eigenvalue weighted by Gasteiger charge is 2.21. The maximum Gasteiger partial charge on any atom is 0.317 e. The number of ether oxygens (including phenoxy) is 1. The number of hydrogen-bond acceptors (Lipinski definition) is 3. The molecule has 0 aliphatic carbocycles. The average Bonchev–Trinajstić information content (AvgIpc) is 2.69. The zero-order valence-corrected chi connectivity index (χ0v) is 15.7. The predicted molar refractivity (Wildman–Crippen MR) is 105 cm³/mol. The summed E-state index contributed by atoms with van der Waals surface area (Å²) in [6.45, 7) is 3.61. The summed E-state index contributed by atoms with van der Waals surface area (Å²) in [7, 11) is 1.61. The van der Waals surface area contributed by atoms with Crippen molar-refractivity contribution in [3.63, 3.8) is 0 Å². The first-order chi connectivity index (χ1) is 12.7. The minimum atomic E-state index is 0.00773. The standard InChI is InChI=1S/C20H24ClN3O2/c1-26-19-8-7-17(15-18(19)21)23-11-13-24(14-12-23)20(25)22-10-9-16-5-3-2-4-6-16/h2-8,15H,9-14H2,1H3,(H,22,25). The van der Waals surface area contributed by atoms with Crippen LogP contribution >= 0.6 is 11.6 Å². The van der Waals surface area contributed by atoms with Crippen LogP contribution in [0, 0.1) is 0 Å². The van der Waals surface area contributed by atoms with Gasteiger partial charge in [0.25, 0.3) is 0 Å². The number of rotatable bonds is 5. The molecule has 0 aromatic heterocycles. The molecule has 0 bridgehead atoms. The van der Waals surface area contributed by atoms with Gasteiger partial charge in [0.05, 0.1) is 12.1 Å². The Balaban J connectivity index is 1.45. The number of methoxy groups -OCH3 is 1. The lowest BCUT2D eigenvalue weighted by Crippen LogP contribution is -2.52. The number of anilines is 1. The highest BCUT2D eigenvalue weighted by Crippen LogP contribution is 2.29. The van der Waals surface area contributed by atoms with Crippen molar-refractivity contribution in [2.75, 3.05) is 44.7 Å². The summed E-state index contributed by atoms with van der Waals surface area (Å²) < 4.78 is 5.19. The minimum Gasteiger partial charge on any atom is -0.495 e. The van der Waals surface area contributed by atoms with Crippen LogP contribution in [0.3, 0.4) is 0 Å². The number of amides is 2. The molecule has 1 aliphatic rings. The quantitative estimate of drug-likeness (QED) is 0.873. The lowest BCUT2D eigenvalue weighted by Gasteiger charge is -2.36. The van der Waals surface area contributed by atoms with Gasteiger partial charge in [0.1, 0.15) is 5.75 Å². The zero-order valence-electron chi connectivity index (χ0n) is 15.0. The number of hydrogen-bond donors (Lipinski definition) is 1. The Morgan fingerprint density at radius 1 is 1.12 bits per heavy atom. The molecule has 138 valence electrons. The van der Waals surface area contributed by atoms with E-state index in [9.17, 15) is 4.79 Å². The molecule has 0 atom stereocenters. The molecule has 0 unspecified atom stereocenters. The number of carbonyl (C=O) groups is 1. The number of benzene rings is 2. The fraction of sp³-hybridized carbons (Fsp3) is 0.350. The van der Waals surface area contributed by atoms with E-state index < -0.39 is 0 Å². The summed E-state index contributed by atoms with van der Waals surface area (Å²) in [4.78, 5) is 16.4. The molecular formula is C20H24ClN3O2. The second-order valence-corrected chi connectivity index (χ2v) is 6.67. The summed E-state index contributed by atoms with van der Waals surface area (Å²) in [5.74, 6) is 0.673. The number of halogens is 1. The van der Waals surface area contributed by atoms with E-state index in [0.29, 0.717) is 30.4 Å². The predicted octanol–water partition coefficient (Wildman–Crippen LogP) is 3.42. The normalized spacial score (nSPS) is 14.2. The van der Waals surface area contributed by atoms with E-state index in [2.05, 4.69) is 22.3 Å². The highest BCUT2D eigenvalue weighted by molar-refractivity contribution is 6.32. The van der Waals surface area contributed by atoms with Crippen LogP contribution in [-0.2, 0) is 6.42 Å². The van der Waals surface area contributed by atoms with Gasteiger partial charge in [0.2, 0.25) is 0 Å². The number of carbonyl (C=O) groups excluding carboxylic acids is 1. The second-order valence-electron chi connectivity index (χ2n) is 6.26. The van der Waals surface area contributed by atoms with Crippen LogP contribution in [0.2, 0.25) is 5.02 Å². The van der Waals surface area contributed by atoms with Gasteiger partial charge in [-0.05, 0) is 30.2 Å². The van der Waals surface area contributed by atoms with Crippen molar-refractivity contribution in [2.24, 2.45) is 0 Å². The molecule has 0 spiro atoms. The third-order valence-electron chi connectivity index (χ3n) is 4.60. The van der Waals surface area contributed by atoms with Crippen LogP contribution in [0.5, 0.6) is 5.75 Å². The van der Waals surface area contributed by atoms with Gasteiger partial charge in [-0.2, -0.15) is 0 Å². The van der Waals surface area contributed by atoms with E-state index in [4.69, 9.17) is 16.3 Å². The third kappa shape index (κ3) is 4.61. The molecule has 6 heteroatoms. The molecule has 1 heterocycles. The summed E-state index contributed by atoms with van der Waals surface area (Å²) in [6, 6.07) is 16.0. The fourth-order valence-electron chi connectivity index (χ4n) is 3.09. The molecule has 2 aromatic carbocycles. The Labute approximate surface area is 159 Å². The molecule has 1 fully saturated rings. The number of nitrogens with one attached hydrogen (secondary N) is 1. The molecule has 1 N–H and O–H groups in total. The Bertz CT molecular complexity index is 731. The molecular weight excluding hydrogens is 350 g/mol. The van der Waals surface area contributed by atoms with Gasteiger partial charge >= 0.3 is 6.03 Å². The monoisotopic (exact) mass is 373 g/mol. The van der Waals surface area contributed by atoms with E-state index in [-0.39, 0.29) is 6.03 Å². The molecule has 1 saturated heterocycles. The smallest absolute Gasteiger partial charge is 0.317 e. The number of piperazine rings is 1. The van der Waals surface area contributed by atoms with Gasteiger partial charge < -0.3 is 19.9 Å². The Morgan fingerprint density at radius 2 is 1.85 bits per heavy atom. The lowest BCUT2D eigenvalue weighted by molar-refractivity contribution is 0.194. The molecule has 0 saturated carbocycles. The van der Waals surface area contributed by atoms with Gasteiger partial charge in [-0.25, -0.2) is 4.79 Å². The minimum absolute atomic E-state index is 0.00773. The van der Waals surface area contributed by atoms with Crippen molar-refractivity contribution in [3.05, 3.63) is 59.1 Å². The number of nitrogens with zero attached hydrogens (tertiary/aromatic N) is 2. The Kier molecular flexibility index (Phi) is 6.23. The van der Waals surface area contributed by atoms with Crippen LogP contribution in [0.4, 0.5) is 10.5 Å². The van der Waals surface area contributed by atoms with E-state index in [1.165, 1.54) is 5.56 Å². The van der Waals surface area contributed by atoms with Crippen LogP contribution in [0.1, 0.15) is 5.56 Å². The van der Waals surface area contributed by atoms with Crippen molar-refractivity contribution in [2.45, 2.75) is 6.42 Å². The van der Waals surface area contributed by atoms with Crippen molar-refractivity contribution in [1.29, 1.82) is 0 Å². The van der Waals surface area contributed by atoms with E-state index in [1.54, 1.807) is 7.11 Å². The van der Waals surface area contributed by atoms with E-state index >= 15 is 0 Å². The largest absolute Gasteiger partial charge is 0.495 e. The number of urea groups is 1. The molecule has 2 aromatic rings. The van der Waals surface area contributed by atoms with Crippen LogP contribution < -0.4 is 15.0 Å². The molecule has 26 heavy (non-hydrogen) atoms. The van der Waals surface area contributed by atoms with Gasteiger partial charge in [-0.1, -0.05) is 41.9 Å². The van der Waals surface area contributed by atoms with Crippen LogP contribution in [0.15, 0.2) is 48.5 Å². The van der Waals surface area contributed by atoms with Gasteiger partial charge in [0, 0.05) is 38.4 Å². The SMILES string of the molecule is COc1ccc(N2CCN(C(=O)NCCc3ccccc3)CC2)cc1Cl. The maximum atomic E-state index is 12.3. The molecule has 3 rings (SSSR count). The fourth-order valence-corrected chi connectivity index (χ4v) is 3.34. The summed E-state index contributed by atoms with van der Waals surface area (Å²) in [5.41, 5.74) is 2.29. The summed E-state index contributed by atoms with van der Waals surface area (Å²) >= 11 is 6.21. The van der Waals surface area contributed by atoms with Gasteiger partial charge in [0.15, 0.2) is 0 Å². The van der Waals surface area contributed by atoms with Gasteiger partial charge in [-0.15, -0.1) is 0 Å². The van der Waals surface area contributed by atoms with Gasteiger partial charge in [-0.3, -0.25) is 0 Å². The first kappa shape index (κ1) is 18.4. The lowest BCUT2D eigenvalue weighted by atomic mass is 10.1. The van der Waals surface area contributed by atoms with Crippen molar-refractivity contribution >= 4 is 23.3 Å². The Morgan fingerprint density at radius 3 is 2.50 bits per heavy atom. The second kappa shape index (κ2) is 8.81. The third-order valence-corrected chi connectivity index (χ3v) is 4.90.